The summed E-state index contributed by atoms with van der Waals surface area (Å²) in [4.78, 5) is 27.8. The number of nitrogens with one attached hydrogen (secondary N) is 1. The molecule has 0 radical (unpaired) electrons. The van der Waals surface area contributed by atoms with E-state index in [9.17, 15) is 9.59 Å². The van der Waals surface area contributed by atoms with Crippen molar-refractivity contribution in [3.05, 3.63) is 64.0 Å². The standard InChI is InChI=1S/C19H19N3O5/c1-11(2)20-18(24)19-21-17(22-27-19)14-6-4-13(5-7-14)10-26-16-12(3)25-9-8-15(16)23/h4-9,11H,10H2,1-3H3,(H,20,24). The smallest absolute Gasteiger partial charge is 0.316 e. The van der Waals surface area contributed by atoms with Crippen LogP contribution in [-0.2, 0) is 6.61 Å². The minimum absolute atomic E-state index is 0.0252. The molecule has 0 aliphatic heterocycles. The number of hydrogen-bond donors (Lipinski definition) is 1. The van der Waals surface area contributed by atoms with Crippen molar-refractivity contribution in [3.8, 4) is 17.1 Å². The van der Waals surface area contributed by atoms with Crippen molar-refractivity contribution in [1.29, 1.82) is 0 Å². The van der Waals surface area contributed by atoms with Crippen LogP contribution < -0.4 is 15.5 Å². The SMILES string of the molecule is Cc1occc(=O)c1OCc1ccc(-c2noc(C(=O)NC(C)C)n2)cc1. The van der Waals surface area contributed by atoms with Crippen LogP contribution >= 0.6 is 0 Å². The number of aryl methyl sites for hydroxylation is 1. The molecular weight excluding hydrogens is 350 g/mol. The number of amides is 1. The highest BCUT2D eigenvalue weighted by Crippen LogP contribution is 2.18. The van der Waals surface area contributed by atoms with Gasteiger partial charge in [0.2, 0.25) is 17.0 Å². The van der Waals surface area contributed by atoms with Gasteiger partial charge >= 0.3 is 11.8 Å². The Hall–Kier alpha value is -3.42. The van der Waals surface area contributed by atoms with Gasteiger partial charge in [0.25, 0.3) is 0 Å². The fraction of sp³-hybridized carbons (Fsp3) is 0.263. The molecule has 3 rings (SSSR count). The molecule has 0 saturated heterocycles. The molecule has 0 spiro atoms. The number of carbonyl (C=O) groups is 1. The molecule has 3 aromatic rings. The van der Waals surface area contributed by atoms with Crippen molar-refractivity contribution in [2.45, 2.75) is 33.4 Å². The van der Waals surface area contributed by atoms with Crippen molar-refractivity contribution in [1.82, 2.24) is 15.5 Å². The van der Waals surface area contributed by atoms with Gasteiger partial charge in [-0.2, -0.15) is 4.98 Å². The summed E-state index contributed by atoms with van der Waals surface area (Å²) in [6.45, 7) is 5.57. The summed E-state index contributed by atoms with van der Waals surface area (Å²) in [7, 11) is 0. The molecule has 0 aliphatic carbocycles. The Balaban J connectivity index is 1.68. The molecule has 8 nitrogen and oxygen atoms in total. The lowest BCUT2D eigenvalue weighted by Crippen LogP contribution is -2.30. The second kappa shape index (κ2) is 7.86. The van der Waals surface area contributed by atoms with Gasteiger partial charge < -0.3 is 19.0 Å². The van der Waals surface area contributed by atoms with Gasteiger partial charge in [-0.1, -0.05) is 29.4 Å². The zero-order chi connectivity index (χ0) is 19.4. The first kappa shape index (κ1) is 18.4. The third kappa shape index (κ3) is 4.41. The molecular formula is C19H19N3O5. The van der Waals surface area contributed by atoms with Gasteiger partial charge in [-0.15, -0.1) is 0 Å². The maximum atomic E-state index is 11.9. The van der Waals surface area contributed by atoms with Crippen LogP contribution in [0.4, 0.5) is 0 Å². The predicted molar refractivity (Wildman–Crippen MR) is 96.4 cm³/mol. The molecule has 2 heterocycles. The Bertz CT molecular complexity index is 989. The lowest BCUT2D eigenvalue weighted by atomic mass is 10.1. The van der Waals surface area contributed by atoms with E-state index in [0.29, 0.717) is 17.1 Å². The van der Waals surface area contributed by atoms with E-state index in [4.69, 9.17) is 13.7 Å². The highest BCUT2D eigenvalue weighted by Gasteiger charge is 2.16. The number of carbonyl (C=O) groups excluding carboxylic acids is 1. The minimum Gasteiger partial charge on any atom is -0.482 e. The largest absolute Gasteiger partial charge is 0.482 e. The van der Waals surface area contributed by atoms with Crippen molar-refractivity contribution in [3.63, 3.8) is 0 Å². The summed E-state index contributed by atoms with van der Waals surface area (Å²) in [6, 6.07) is 8.50. The van der Waals surface area contributed by atoms with Crippen LogP contribution in [0.2, 0.25) is 0 Å². The van der Waals surface area contributed by atoms with Crippen LogP contribution in [0.1, 0.15) is 35.9 Å². The highest BCUT2D eigenvalue weighted by molar-refractivity contribution is 5.90. The molecule has 1 aromatic carbocycles. The fourth-order valence-corrected chi connectivity index (χ4v) is 2.34. The van der Waals surface area contributed by atoms with Gasteiger partial charge in [-0.05, 0) is 26.3 Å². The first-order valence-corrected chi connectivity index (χ1v) is 8.39. The molecule has 140 valence electrons. The van der Waals surface area contributed by atoms with E-state index in [1.807, 2.05) is 26.0 Å². The normalized spacial score (nSPS) is 10.8. The molecule has 27 heavy (non-hydrogen) atoms. The maximum absolute atomic E-state index is 11.9. The summed E-state index contributed by atoms with van der Waals surface area (Å²) < 4.78 is 15.7. The molecule has 0 unspecified atom stereocenters. The maximum Gasteiger partial charge on any atom is 0.316 e. The van der Waals surface area contributed by atoms with E-state index in [1.165, 1.54) is 12.3 Å². The molecule has 0 aliphatic rings. The van der Waals surface area contributed by atoms with Crippen LogP contribution in [-0.4, -0.2) is 22.1 Å². The molecule has 2 aromatic heterocycles. The zero-order valence-corrected chi connectivity index (χ0v) is 15.2. The number of nitrogens with zero attached hydrogens (tertiary/aromatic N) is 2. The Labute approximate surface area is 155 Å². The van der Waals surface area contributed by atoms with E-state index in [-0.39, 0.29) is 29.7 Å². The van der Waals surface area contributed by atoms with Crippen molar-refractivity contribution in [2.75, 3.05) is 0 Å². The van der Waals surface area contributed by atoms with Gasteiger partial charge in [0.15, 0.2) is 0 Å². The van der Waals surface area contributed by atoms with Gasteiger partial charge in [-0.25, -0.2) is 0 Å². The Kier molecular flexibility index (Phi) is 5.35. The second-order valence-corrected chi connectivity index (χ2v) is 6.21. The Morgan fingerprint density at radius 2 is 1.96 bits per heavy atom. The van der Waals surface area contributed by atoms with Crippen LogP contribution in [0.5, 0.6) is 5.75 Å². The lowest BCUT2D eigenvalue weighted by molar-refractivity contribution is 0.0899. The van der Waals surface area contributed by atoms with Crippen molar-refractivity contribution in [2.24, 2.45) is 0 Å². The zero-order valence-electron chi connectivity index (χ0n) is 15.2. The van der Waals surface area contributed by atoms with E-state index >= 15 is 0 Å². The number of rotatable bonds is 6. The van der Waals surface area contributed by atoms with Crippen LogP contribution in [0.3, 0.4) is 0 Å². The minimum atomic E-state index is -0.411. The van der Waals surface area contributed by atoms with Gasteiger partial charge in [0.1, 0.15) is 12.4 Å². The molecule has 0 fully saturated rings. The molecule has 0 atom stereocenters. The topological polar surface area (TPSA) is 107 Å². The molecule has 0 bridgehead atoms. The first-order valence-electron chi connectivity index (χ1n) is 8.39. The average molecular weight is 369 g/mol. The number of hydrogen-bond acceptors (Lipinski definition) is 7. The third-order valence-corrected chi connectivity index (χ3v) is 3.64. The number of aromatic nitrogens is 2. The predicted octanol–water partition coefficient (Wildman–Crippen LogP) is 2.72. The average Bonchev–Trinajstić information content (AvgIpc) is 3.11. The quantitative estimate of drug-likeness (QED) is 0.712. The summed E-state index contributed by atoms with van der Waals surface area (Å²) in [5, 5.41) is 6.52. The van der Waals surface area contributed by atoms with Gasteiger partial charge in [0, 0.05) is 17.7 Å². The molecule has 1 N–H and O–H groups in total. The van der Waals surface area contributed by atoms with Crippen molar-refractivity contribution < 1.29 is 18.5 Å². The monoisotopic (exact) mass is 369 g/mol. The first-order chi connectivity index (χ1) is 12.9. The van der Waals surface area contributed by atoms with E-state index in [2.05, 4.69) is 15.5 Å². The van der Waals surface area contributed by atoms with Crippen molar-refractivity contribution >= 4 is 5.91 Å². The number of benzene rings is 1. The van der Waals surface area contributed by atoms with Crippen LogP contribution in [0, 0.1) is 6.92 Å². The van der Waals surface area contributed by atoms with Crippen LogP contribution in [0.15, 0.2) is 50.3 Å². The fourth-order valence-electron chi connectivity index (χ4n) is 2.34. The summed E-state index contributed by atoms with van der Waals surface area (Å²) in [5.41, 5.74) is 1.32. The van der Waals surface area contributed by atoms with Gasteiger partial charge in [-0.3, -0.25) is 9.59 Å². The summed E-state index contributed by atoms with van der Waals surface area (Å²) in [6.07, 6.45) is 1.33. The summed E-state index contributed by atoms with van der Waals surface area (Å²) >= 11 is 0. The van der Waals surface area contributed by atoms with E-state index < -0.39 is 5.91 Å². The molecule has 8 heteroatoms. The second-order valence-electron chi connectivity index (χ2n) is 6.21. The lowest BCUT2D eigenvalue weighted by Gasteiger charge is -2.07. The Morgan fingerprint density at radius 1 is 1.22 bits per heavy atom. The van der Waals surface area contributed by atoms with E-state index in [1.54, 1.807) is 19.1 Å². The van der Waals surface area contributed by atoms with E-state index in [0.717, 1.165) is 5.56 Å². The Morgan fingerprint density at radius 3 is 2.63 bits per heavy atom. The van der Waals surface area contributed by atoms with Gasteiger partial charge in [0.05, 0.1) is 6.26 Å². The molecule has 1 amide bonds. The third-order valence-electron chi connectivity index (χ3n) is 3.64. The number of ether oxygens (including phenoxy) is 1. The summed E-state index contributed by atoms with van der Waals surface area (Å²) in [5.74, 6) is 0.442. The highest BCUT2D eigenvalue weighted by atomic mass is 16.5. The molecule has 0 saturated carbocycles. The van der Waals surface area contributed by atoms with Crippen LogP contribution in [0.25, 0.3) is 11.4 Å².